The average molecular weight is 272 g/mol. The number of hydrogen-bond donors (Lipinski definition) is 2. The van der Waals surface area contributed by atoms with Crippen molar-refractivity contribution in [3.8, 4) is 0 Å². The first-order valence-electron chi connectivity index (χ1n) is 5.68. The normalized spacial score (nSPS) is 11.8. The van der Waals surface area contributed by atoms with Crippen LogP contribution >= 0.6 is 0 Å². The lowest BCUT2D eigenvalue weighted by molar-refractivity contribution is -0.137. The molecule has 0 aliphatic heterocycles. The first kappa shape index (κ1) is 15.1. The third-order valence-electron chi connectivity index (χ3n) is 2.40. The van der Waals surface area contributed by atoms with Crippen molar-refractivity contribution in [3.63, 3.8) is 0 Å². The standard InChI is InChI=1S/C13H15F3N2O/c1-9(19)18-7-3-2-4-10-8-11(13(14,15)16)5-6-12(10)17/h2,4-6,8H,3,7,17H2,1H3,(H,18,19). The fourth-order valence-electron chi connectivity index (χ4n) is 1.44. The highest BCUT2D eigenvalue weighted by molar-refractivity contribution is 5.72. The van der Waals surface area contributed by atoms with Crippen molar-refractivity contribution in [2.75, 3.05) is 12.3 Å². The molecule has 0 atom stereocenters. The van der Waals surface area contributed by atoms with Gasteiger partial charge in [-0.05, 0) is 30.2 Å². The number of amides is 1. The van der Waals surface area contributed by atoms with Crippen LogP contribution in [0.3, 0.4) is 0 Å². The zero-order valence-electron chi connectivity index (χ0n) is 10.4. The van der Waals surface area contributed by atoms with E-state index in [1.807, 2.05) is 0 Å². The molecule has 1 rings (SSSR count). The van der Waals surface area contributed by atoms with E-state index in [1.54, 1.807) is 6.08 Å². The molecule has 0 bridgehead atoms. The SMILES string of the molecule is CC(=O)NCCC=Cc1cc(C(F)(F)F)ccc1N. The monoisotopic (exact) mass is 272 g/mol. The van der Waals surface area contributed by atoms with Crippen LogP contribution in [0.1, 0.15) is 24.5 Å². The number of nitrogens with one attached hydrogen (secondary N) is 1. The van der Waals surface area contributed by atoms with Crippen LogP contribution in [0, 0.1) is 0 Å². The van der Waals surface area contributed by atoms with Gasteiger partial charge in [0.2, 0.25) is 5.91 Å². The van der Waals surface area contributed by atoms with Crippen LogP contribution in [0.25, 0.3) is 6.08 Å². The summed E-state index contributed by atoms with van der Waals surface area (Å²) in [6, 6.07) is 3.19. The van der Waals surface area contributed by atoms with Gasteiger partial charge in [-0.25, -0.2) is 0 Å². The zero-order valence-corrected chi connectivity index (χ0v) is 10.4. The number of carbonyl (C=O) groups is 1. The van der Waals surface area contributed by atoms with Gasteiger partial charge in [0.1, 0.15) is 0 Å². The summed E-state index contributed by atoms with van der Waals surface area (Å²) in [5.74, 6) is -0.146. The Morgan fingerprint density at radius 3 is 2.68 bits per heavy atom. The van der Waals surface area contributed by atoms with Crippen LogP contribution < -0.4 is 11.1 Å². The number of carbonyl (C=O) groups excluding carboxylic acids is 1. The molecular formula is C13H15F3N2O. The Morgan fingerprint density at radius 1 is 1.42 bits per heavy atom. The predicted octanol–water partition coefficient (Wildman–Crippen LogP) is 2.83. The predicted molar refractivity (Wildman–Crippen MR) is 68.2 cm³/mol. The molecule has 19 heavy (non-hydrogen) atoms. The summed E-state index contributed by atoms with van der Waals surface area (Å²) >= 11 is 0. The van der Waals surface area contributed by atoms with E-state index < -0.39 is 11.7 Å². The average Bonchev–Trinajstić information content (AvgIpc) is 2.29. The molecule has 6 heteroatoms. The van der Waals surface area contributed by atoms with Gasteiger partial charge >= 0.3 is 6.18 Å². The van der Waals surface area contributed by atoms with Crippen molar-refractivity contribution in [2.45, 2.75) is 19.5 Å². The maximum atomic E-state index is 12.5. The van der Waals surface area contributed by atoms with Gasteiger partial charge in [0.15, 0.2) is 0 Å². The van der Waals surface area contributed by atoms with E-state index in [9.17, 15) is 18.0 Å². The molecule has 3 nitrogen and oxygen atoms in total. The first-order chi connectivity index (χ1) is 8.80. The minimum atomic E-state index is -4.38. The van der Waals surface area contributed by atoms with Crippen molar-refractivity contribution in [3.05, 3.63) is 35.4 Å². The summed E-state index contributed by atoms with van der Waals surface area (Å²) in [4.78, 5) is 10.6. The molecule has 3 N–H and O–H groups in total. The van der Waals surface area contributed by atoms with E-state index >= 15 is 0 Å². The highest BCUT2D eigenvalue weighted by Gasteiger charge is 2.30. The van der Waals surface area contributed by atoms with E-state index in [-0.39, 0.29) is 11.6 Å². The van der Waals surface area contributed by atoms with Gasteiger partial charge in [-0.1, -0.05) is 12.2 Å². The topological polar surface area (TPSA) is 55.1 Å². The molecule has 1 aromatic rings. The molecule has 0 saturated carbocycles. The second kappa shape index (κ2) is 6.26. The number of rotatable bonds is 4. The molecule has 0 heterocycles. The number of alkyl halides is 3. The maximum Gasteiger partial charge on any atom is 0.416 e. The van der Waals surface area contributed by atoms with E-state index in [4.69, 9.17) is 5.73 Å². The Kier molecular flexibility index (Phi) is 4.97. The van der Waals surface area contributed by atoms with Gasteiger partial charge in [-0.2, -0.15) is 13.2 Å². The molecule has 0 aliphatic rings. The lowest BCUT2D eigenvalue weighted by Gasteiger charge is -2.09. The molecule has 0 radical (unpaired) electrons. The third kappa shape index (κ3) is 5.03. The zero-order chi connectivity index (χ0) is 14.5. The van der Waals surface area contributed by atoms with Gasteiger partial charge < -0.3 is 11.1 Å². The van der Waals surface area contributed by atoms with Crippen LogP contribution in [-0.2, 0) is 11.0 Å². The van der Waals surface area contributed by atoms with E-state index in [1.165, 1.54) is 19.1 Å². The van der Waals surface area contributed by atoms with E-state index in [0.717, 1.165) is 12.1 Å². The number of anilines is 1. The lowest BCUT2D eigenvalue weighted by Crippen LogP contribution is -2.20. The molecule has 0 saturated heterocycles. The van der Waals surface area contributed by atoms with Crippen LogP contribution in [0.2, 0.25) is 0 Å². The fourth-order valence-corrected chi connectivity index (χ4v) is 1.44. The molecule has 0 aromatic heterocycles. The maximum absolute atomic E-state index is 12.5. The summed E-state index contributed by atoms with van der Waals surface area (Å²) in [5.41, 5.74) is 5.47. The van der Waals surface area contributed by atoms with Crippen LogP contribution in [-0.4, -0.2) is 12.5 Å². The summed E-state index contributed by atoms with van der Waals surface area (Å²) in [5, 5.41) is 2.58. The molecule has 0 unspecified atom stereocenters. The highest BCUT2D eigenvalue weighted by atomic mass is 19.4. The summed E-state index contributed by atoms with van der Waals surface area (Å²) in [6.45, 7) is 1.83. The Morgan fingerprint density at radius 2 is 2.11 bits per heavy atom. The van der Waals surface area contributed by atoms with Gasteiger partial charge in [-0.3, -0.25) is 4.79 Å². The van der Waals surface area contributed by atoms with Crippen molar-refractivity contribution in [1.29, 1.82) is 0 Å². The quantitative estimate of drug-likeness (QED) is 0.654. The van der Waals surface area contributed by atoms with Crippen molar-refractivity contribution in [1.82, 2.24) is 5.32 Å². The Hall–Kier alpha value is -1.98. The molecule has 0 aliphatic carbocycles. The Bertz CT molecular complexity index is 481. The van der Waals surface area contributed by atoms with Crippen molar-refractivity contribution < 1.29 is 18.0 Å². The van der Waals surface area contributed by atoms with Crippen LogP contribution in [0.5, 0.6) is 0 Å². The largest absolute Gasteiger partial charge is 0.416 e. The number of benzene rings is 1. The number of nitrogens with two attached hydrogens (primary N) is 1. The van der Waals surface area contributed by atoms with Crippen LogP contribution in [0.4, 0.5) is 18.9 Å². The minimum absolute atomic E-state index is 0.146. The highest BCUT2D eigenvalue weighted by Crippen LogP contribution is 2.31. The second-order valence-corrected chi connectivity index (χ2v) is 4.02. The van der Waals surface area contributed by atoms with Crippen molar-refractivity contribution in [2.24, 2.45) is 0 Å². The van der Waals surface area contributed by atoms with Gasteiger partial charge in [0.25, 0.3) is 0 Å². The first-order valence-corrected chi connectivity index (χ1v) is 5.68. The smallest absolute Gasteiger partial charge is 0.398 e. The lowest BCUT2D eigenvalue weighted by atomic mass is 10.1. The van der Waals surface area contributed by atoms with Gasteiger partial charge in [0, 0.05) is 19.2 Å². The third-order valence-corrected chi connectivity index (χ3v) is 2.40. The molecule has 1 aromatic carbocycles. The molecule has 0 fully saturated rings. The van der Waals surface area contributed by atoms with Crippen molar-refractivity contribution >= 4 is 17.7 Å². The summed E-state index contributed by atoms with van der Waals surface area (Å²) in [7, 11) is 0. The summed E-state index contributed by atoms with van der Waals surface area (Å²) < 4.78 is 37.6. The summed E-state index contributed by atoms with van der Waals surface area (Å²) in [6.07, 6.45) is -0.671. The van der Waals surface area contributed by atoms with Gasteiger partial charge in [-0.15, -0.1) is 0 Å². The minimum Gasteiger partial charge on any atom is -0.398 e. The van der Waals surface area contributed by atoms with E-state index in [2.05, 4.69) is 5.32 Å². The van der Waals surface area contributed by atoms with Gasteiger partial charge in [0.05, 0.1) is 5.56 Å². The molecular weight excluding hydrogens is 257 g/mol. The second-order valence-electron chi connectivity index (χ2n) is 4.02. The number of hydrogen-bond acceptors (Lipinski definition) is 2. The Balaban J connectivity index is 2.72. The Labute approximate surface area is 109 Å². The number of halogens is 3. The fraction of sp³-hybridized carbons (Fsp3) is 0.308. The van der Waals surface area contributed by atoms with Crippen LogP contribution in [0.15, 0.2) is 24.3 Å². The molecule has 0 spiro atoms. The molecule has 1 amide bonds. The molecule has 104 valence electrons. The van der Waals surface area contributed by atoms with E-state index in [0.29, 0.717) is 18.5 Å². The number of nitrogen functional groups attached to an aromatic ring is 1.